The van der Waals surface area contributed by atoms with Crippen molar-refractivity contribution in [2.24, 2.45) is 0 Å². The van der Waals surface area contributed by atoms with Gasteiger partial charge < -0.3 is 4.74 Å². The molecule has 0 saturated carbocycles. The standard InChI is InChI=1S/C7H13Cl2NO2/c1-2-3-4-12-7(11)10(5-8)6-9/h2-6H2,1H3. The lowest BCUT2D eigenvalue weighted by Gasteiger charge is -2.15. The van der Waals surface area contributed by atoms with Crippen LogP contribution in [0.25, 0.3) is 0 Å². The fourth-order valence-electron chi connectivity index (χ4n) is 0.525. The van der Waals surface area contributed by atoms with E-state index < -0.39 is 6.09 Å². The van der Waals surface area contributed by atoms with Crippen LogP contribution in [0, 0.1) is 0 Å². The smallest absolute Gasteiger partial charge is 0.411 e. The Morgan fingerprint density at radius 1 is 1.42 bits per heavy atom. The van der Waals surface area contributed by atoms with E-state index in [4.69, 9.17) is 27.9 Å². The zero-order valence-corrected chi connectivity index (χ0v) is 8.57. The van der Waals surface area contributed by atoms with Crippen LogP contribution in [0.5, 0.6) is 0 Å². The van der Waals surface area contributed by atoms with Crippen molar-refractivity contribution >= 4 is 29.3 Å². The molecule has 0 saturated heterocycles. The maximum Gasteiger partial charge on any atom is 0.411 e. The lowest BCUT2D eigenvalue weighted by atomic mass is 10.4. The maximum absolute atomic E-state index is 11.0. The van der Waals surface area contributed by atoms with Crippen molar-refractivity contribution in [2.75, 3.05) is 18.6 Å². The van der Waals surface area contributed by atoms with Crippen LogP contribution >= 0.6 is 23.2 Å². The summed E-state index contributed by atoms with van der Waals surface area (Å²) in [5.41, 5.74) is 0. The zero-order chi connectivity index (χ0) is 9.40. The molecule has 12 heavy (non-hydrogen) atoms. The summed E-state index contributed by atoms with van der Waals surface area (Å²) in [5, 5.41) is 0. The molecule has 0 aromatic rings. The molecule has 0 heterocycles. The first kappa shape index (κ1) is 11.8. The minimum absolute atomic E-state index is 0.0639. The predicted octanol–water partition coefficient (Wildman–Crippen LogP) is 2.62. The molecule has 1 amide bonds. The topological polar surface area (TPSA) is 29.5 Å². The first-order chi connectivity index (χ1) is 5.76. The Kier molecular flexibility index (Phi) is 7.40. The second kappa shape index (κ2) is 7.50. The summed E-state index contributed by atoms with van der Waals surface area (Å²) in [6.07, 6.45) is 1.41. The maximum atomic E-state index is 11.0. The highest BCUT2D eigenvalue weighted by molar-refractivity contribution is 6.21. The second-order valence-corrected chi connectivity index (χ2v) is 2.72. The molecule has 0 unspecified atom stereocenters. The lowest BCUT2D eigenvalue weighted by Crippen LogP contribution is -2.29. The van der Waals surface area contributed by atoms with E-state index in [-0.39, 0.29) is 12.0 Å². The molecular weight excluding hydrogens is 201 g/mol. The summed E-state index contributed by atoms with van der Waals surface area (Å²) >= 11 is 10.8. The minimum atomic E-state index is -0.451. The Morgan fingerprint density at radius 3 is 2.42 bits per heavy atom. The highest BCUT2D eigenvalue weighted by Crippen LogP contribution is 1.99. The number of halogens is 2. The minimum Gasteiger partial charge on any atom is -0.449 e. The van der Waals surface area contributed by atoms with Crippen molar-refractivity contribution in [3.05, 3.63) is 0 Å². The molecule has 0 aromatic heterocycles. The normalized spacial score (nSPS) is 9.58. The third-order valence-corrected chi connectivity index (χ3v) is 1.85. The van der Waals surface area contributed by atoms with E-state index in [0.29, 0.717) is 6.61 Å². The van der Waals surface area contributed by atoms with Gasteiger partial charge in [-0.15, -0.1) is 23.2 Å². The average Bonchev–Trinajstić information content (AvgIpc) is 2.07. The number of carbonyl (C=O) groups excluding carboxylic acids is 1. The van der Waals surface area contributed by atoms with Crippen LogP contribution < -0.4 is 0 Å². The third-order valence-electron chi connectivity index (χ3n) is 1.27. The molecule has 0 bridgehead atoms. The van der Waals surface area contributed by atoms with Gasteiger partial charge in [0.1, 0.15) is 12.0 Å². The summed E-state index contributed by atoms with van der Waals surface area (Å²) in [4.78, 5) is 12.2. The number of hydrogen-bond donors (Lipinski definition) is 0. The number of carbonyl (C=O) groups is 1. The van der Waals surface area contributed by atoms with Crippen molar-refractivity contribution in [1.29, 1.82) is 0 Å². The van der Waals surface area contributed by atoms with E-state index in [1.54, 1.807) is 0 Å². The van der Waals surface area contributed by atoms with Gasteiger partial charge in [0.2, 0.25) is 0 Å². The number of alkyl halides is 2. The van der Waals surface area contributed by atoms with Crippen LogP contribution in [-0.4, -0.2) is 29.6 Å². The van der Waals surface area contributed by atoms with Crippen LogP contribution in [0.15, 0.2) is 0 Å². The van der Waals surface area contributed by atoms with Crippen molar-refractivity contribution in [2.45, 2.75) is 19.8 Å². The summed E-state index contributed by atoms with van der Waals surface area (Å²) in [5.74, 6) is 0. The zero-order valence-electron chi connectivity index (χ0n) is 7.06. The number of hydrogen-bond acceptors (Lipinski definition) is 2. The van der Waals surface area contributed by atoms with Gasteiger partial charge in [-0.2, -0.15) is 0 Å². The molecule has 0 spiro atoms. The Hall–Kier alpha value is -0.150. The van der Waals surface area contributed by atoms with Gasteiger partial charge in [0.05, 0.1) is 6.61 Å². The van der Waals surface area contributed by atoms with Crippen LogP contribution in [0.2, 0.25) is 0 Å². The number of ether oxygens (including phenoxy) is 1. The molecule has 3 nitrogen and oxygen atoms in total. The summed E-state index contributed by atoms with van der Waals surface area (Å²) in [6.45, 7) is 2.45. The largest absolute Gasteiger partial charge is 0.449 e. The van der Waals surface area contributed by atoms with Crippen molar-refractivity contribution < 1.29 is 9.53 Å². The van der Waals surface area contributed by atoms with Gasteiger partial charge in [-0.1, -0.05) is 13.3 Å². The van der Waals surface area contributed by atoms with Crippen LogP contribution in [0.4, 0.5) is 4.79 Å². The van der Waals surface area contributed by atoms with E-state index in [1.807, 2.05) is 6.92 Å². The fourth-order valence-corrected chi connectivity index (χ4v) is 0.975. The van der Waals surface area contributed by atoms with Crippen molar-refractivity contribution in [3.63, 3.8) is 0 Å². The number of rotatable bonds is 5. The molecule has 0 aromatic carbocycles. The van der Waals surface area contributed by atoms with E-state index in [9.17, 15) is 4.79 Å². The van der Waals surface area contributed by atoms with Gasteiger partial charge >= 0.3 is 6.09 Å². The Morgan fingerprint density at radius 2 is 2.00 bits per heavy atom. The van der Waals surface area contributed by atoms with E-state index in [1.165, 1.54) is 4.90 Å². The summed E-state index contributed by atoms with van der Waals surface area (Å²) in [6, 6.07) is 0.128. The quantitative estimate of drug-likeness (QED) is 0.400. The van der Waals surface area contributed by atoms with Crippen molar-refractivity contribution in [1.82, 2.24) is 4.90 Å². The second-order valence-electron chi connectivity index (χ2n) is 2.25. The number of nitrogens with zero attached hydrogens (tertiary/aromatic N) is 1. The molecule has 0 aliphatic heterocycles. The van der Waals surface area contributed by atoms with Gasteiger partial charge in [-0.05, 0) is 6.42 Å². The first-order valence-corrected chi connectivity index (χ1v) is 4.86. The van der Waals surface area contributed by atoms with Crippen LogP contribution in [0.1, 0.15) is 19.8 Å². The molecule has 0 atom stereocenters. The van der Waals surface area contributed by atoms with Crippen LogP contribution in [0.3, 0.4) is 0 Å². The fraction of sp³-hybridized carbons (Fsp3) is 0.857. The van der Waals surface area contributed by atoms with Gasteiger partial charge in [0.25, 0.3) is 0 Å². The highest BCUT2D eigenvalue weighted by atomic mass is 35.5. The Labute approximate surface area is 82.6 Å². The third kappa shape index (κ3) is 4.67. The molecular formula is C7H13Cl2NO2. The highest BCUT2D eigenvalue weighted by Gasteiger charge is 2.11. The molecule has 0 aliphatic rings. The number of amides is 1. The van der Waals surface area contributed by atoms with Gasteiger partial charge in [0, 0.05) is 0 Å². The van der Waals surface area contributed by atoms with E-state index >= 15 is 0 Å². The van der Waals surface area contributed by atoms with Gasteiger partial charge in [0.15, 0.2) is 0 Å². The molecule has 0 radical (unpaired) electrons. The summed E-state index contributed by atoms with van der Waals surface area (Å²) in [7, 11) is 0. The molecule has 5 heteroatoms. The predicted molar refractivity (Wildman–Crippen MR) is 49.5 cm³/mol. The number of unbranched alkanes of at least 4 members (excludes halogenated alkanes) is 1. The van der Waals surface area contributed by atoms with Crippen LogP contribution in [-0.2, 0) is 4.74 Å². The van der Waals surface area contributed by atoms with Crippen molar-refractivity contribution in [3.8, 4) is 0 Å². The molecule has 0 aliphatic carbocycles. The van der Waals surface area contributed by atoms with E-state index in [2.05, 4.69) is 0 Å². The monoisotopic (exact) mass is 213 g/mol. The van der Waals surface area contributed by atoms with E-state index in [0.717, 1.165) is 12.8 Å². The molecule has 0 fully saturated rings. The van der Waals surface area contributed by atoms with Gasteiger partial charge in [-0.3, -0.25) is 4.90 Å². The average molecular weight is 214 g/mol. The molecule has 0 N–H and O–H groups in total. The lowest BCUT2D eigenvalue weighted by molar-refractivity contribution is 0.113. The Balaban J connectivity index is 3.54. The molecule has 0 rings (SSSR count). The SMILES string of the molecule is CCCCOC(=O)N(CCl)CCl. The summed E-state index contributed by atoms with van der Waals surface area (Å²) < 4.78 is 4.84. The molecule has 72 valence electrons. The van der Waals surface area contributed by atoms with Gasteiger partial charge in [-0.25, -0.2) is 4.79 Å². The first-order valence-electron chi connectivity index (χ1n) is 3.79. The Bertz CT molecular complexity index is 129.